The highest BCUT2D eigenvalue weighted by Crippen LogP contribution is 2.58. The summed E-state index contributed by atoms with van der Waals surface area (Å²) in [6.45, 7) is 3.50. The molecule has 0 spiro atoms. The molecule has 1 aliphatic carbocycles. The van der Waals surface area contributed by atoms with Crippen molar-refractivity contribution in [3.8, 4) is 0 Å². The number of piperidine rings is 1. The first kappa shape index (κ1) is 18.2. The van der Waals surface area contributed by atoms with Crippen LogP contribution in [0.25, 0.3) is 11.2 Å². The average Bonchev–Trinajstić information content (AvgIpc) is 3.18. The van der Waals surface area contributed by atoms with Gasteiger partial charge < -0.3 is 14.0 Å². The summed E-state index contributed by atoms with van der Waals surface area (Å²) in [5.74, 6) is 1.88. The van der Waals surface area contributed by atoms with Crippen molar-refractivity contribution in [3.05, 3.63) is 64.3 Å². The number of halogens is 1. The van der Waals surface area contributed by atoms with Crippen LogP contribution in [0, 0.1) is 24.6 Å². The summed E-state index contributed by atoms with van der Waals surface area (Å²) in [4.78, 5) is 27.6. The van der Waals surface area contributed by atoms with Gasteiger partial charge in [-0.3, -0.25) is 9.36 Å². The lowest BCUT2D eigenvalue weighted by atomic mass is 10.1. The summed E-state index contributed by atoms with van der Waals surface area (Å²) in [7, 11) is 1.76. The Morgan fingerprint density at radius 1 is 1.19 bits per heavy atom. The highest BCUT2D eigenvalue weighted by Gasteiger charge is 2.58. The minimum Gasteiger partial charge on any atom is -0.369 e. The maximum atomic E-state index is 14.4. The van der Waals surface area contributed by atoms with Crippen molar-refractivity contribution in [2.45, 2.75) is 19.4 Å². The fraction of sp³-hybridized carbons (Fsp3) is 0.381. The van der Waals surface area contributed by atoms with Gasteiger partial charge in [0.1, 0.15) is 18.7 Å². The van der Waals surface area contributed by atoms with Crippen molar-refractivity contribution in [1.82, 2.24) is 29.2 Å². The van der Waals surface area contributed by atoms with Crippen LogP contribution in [0.1, 0.15) is 23.2 Å². The van der Waals surface area contributed by atoms with Crippen LogP contribution in [0.5, 0.6) is 0 Å². The van der Waals surface area contributed by atoms with Gasteiger partial charge in [-0.25, -0.2) is 14.4 Å². The third-order valence-electron chi connectivity index (χ3n) is 6.49. The summed E-state index contributed by atoms with van der Waals surface area (Å²) < 4.78 is 22.9. The molecule has 3 atom stereocenters. The van der Waals surface area contributed by atoms with E-state index in [0.29, 0.717) is 46.0 Å². The Balaban J connectivity index is 1.17. The quantitative estimate of drug-likeness (QED) is 0.496. The molecule has 158 valence electrons. The number of hydrogen-bond acceptors (Lipinski definition) is 7. The Kier molecular flexibility index (Phi) is 3.80. The van der Waals surface area contributed by atoms with Crippen LogP contribution in [0.3, 0.4) is 0 Å². The molecule has 1 aliphatic heterocycles. The monoisotopic (exact) mass is 421 g/mol. The summed E-state index contributed by atoms with van der Waals surface area (Å²) in [6.07, 6.45) is 3.01. The van der Waals surface area contributed by atoms with E-state index in [1.807, 2.05) is 12.1 Å². The van der Waals surface area contributed by atoms with Gasteiger partial charge >= 0.3 is 0 Å². The van der Waals surface area contributed by atoms with Gasteiger partial charge in [-0.2, -0.15) is 4.98 Å². The molecule has 1 unspecified atom stereocenters. The highest BCUT2D eigenvalue weighted by atomic mass is 19.1. The molecule has 1 aromatic carbocycles. The van der Waals surface area contributed by atoms with E-state index in [9.17, 15) is 9.18 Å². The highest BCUT2D eigenvalue weighted by molar-refractivity contribution is 5.68. The molecule has 31 heavy (non-hydrogen) atoms. The van der Waals surface area contributed by atoms with Crippen LogP contribution in [0.2, 0.25) is 0 Å². The number of nitrogens with zero attached hydrogens (tertiary/aromatic N) is 7. The third kappa shape index (κ3) is 2.77. The van der Waals surface area contributed by atoms with Crippen molar-refractivity contribution >= 4 is 16.9 Å². The van der Waals surface area contributed by atoms with Gasteiger partial charge in [0.15, 0.2) is 17.0 Å². The van der Waals surface area contributed by atoms with Gasteiger partial charge in [0.2, 0.25) is 5.89 Å². The van der Waals surface area contributed by atoms with Crippen molar-refractivity contribution in [3.63, 3.8) is 0 Å². The Hall–Kier alpha value is -3.56. The number of fused-ring (bicyclic) bond motifs is 2. The zero-order valence-corrected chi connectivity index (χ0v) is 17.1. The summed E-state index contributed by atoms with van der Waals surface area (Å²) in [6, 6.07) is 5.51. The summed E-state index contributed by atoms with van der Waals surface area (Å²) >= 11 is 0. The molecular formula is C21H20FN7O2. The predicted molar refractivity (Wildman–Crippen MR) is 109 cm³/mol. The topological polar surface area (TPSA) is 94.9 Å². The second-order valence-electron chi connectivity index (χ2n) is 8.42. The maximum absolute atomic E-state index is 14.4. The SMILES string of the molecule is Cc1cccc(N2C[C@@H]3C(c4noc(Cn5cnc6ncn(C)c6c5=O)n4)[C@@H]3C2)c1F. The summed E-state index contributed by atoms with van der Waals surface area (Å²) in [5.41, 5.74) is 1.96. The second kappa shape index (κ2) is 6.47. The first-order chi connectivity index (χ1) is 15.0. The molecule has 6 rings (SSSR count). The first-order valence-corrected chi connectivity index (χ1v) is 10.2. The molecule has 4 heterocycles. The van der Waals surface area contributed by atoms with E-state index in [2.05, 4.69) is 25.0 Å². The average molecular weight is 421 g/mol. The number of benzene rings is 1. The van der Waals surface area contributed by atoms with Gasteiger partial charge in [-0.05, 0) is 30.4 Å². The standard InChI is InChI=1S/C21H20FN7O2/c1-11-4-3-5-14(17(11)22)28-6-12-13(7-28)16(12)19-25-15(31-26-19)8-29-10-24-20-18(21(29)30)27(2)9-23-20/h3-5,9-10,12-13,16H,6-8H2,1-2H3/t12-,13+,16?. The second-order valence-corrected chi connectivity index (χ2v) is 8.42. The van der Waals surface area contributed by atoms with Crippen LogP contribution in [0.4, 0.5) is 10.1 Å². The summed E-state index contributed by atoms with van der Waals surface area (Å²) in [5, 5.41) is 4.15. The van der Waals surface area contributed by atoms with E-state index in [1.54, 1.807) is 30.9 Å². The Bertz CT molecular complexity index is 1360. The smallest absolute Gasteiger partial charge is 0.280 e. The van der Waals surface area contributed by atoms with Crippen molar-refractivity contribution < 1.29 is 8.91 Å². The Morgan fingerprint density at radius 2 is 1.97 bits per heavy atom. The fourth-order valence-electron chi connectivity index (χ4n) is 4.78. The van der Waals surface area contributed by atoms with Crippen molar-refractivity contribution in [1.29, 1.82) is 0 Å². The van der Waals surface area contributed by atoms with Crippen LogP contribution >= 0.6 is 0 Å². The molecule has 10 heteroatoms. The number of aromatic nitrogens is 6. The number of anilines is 1. The van der Waals surface area contributed by atoms with Crippen LogP contribution in [-0.2, 0) is 13.6 Å². The van der Waals surface area contributed by atoms with E-state index < -0.39 is 0 Å². The van der Waals surface area contributed by atoms with Crippen LogP contribution < -0.4 is 10.5 Å². The Morgan fingerprint density at radius 3 is 2.77 bits per heavy atom. The third-order valence-corrected chi connectivity index (χ3v) is 6.49. The lowest BCUT2D eigenvalue weighted by molar-refractivity contribution is 0.363. The van der Waals surface area contributed by atoms with E-state index >= 15 is 0 Å². The molecule has 0 radical (unpaired) electrons. The van der Waals surface area contributed by atoms with Gasteiger partial charge in [0.05, 0.1) is 12.0 Å². The van der Waals surface area contributed by atoms with E-state index in [-0.39, 0.29) is 23.8 Å². The molecular weight excluding hydrogens is 401 g/mol. The van der Waals surface area contributed by atoms with Crippen LogP contribution in [0.15, 0.2) is 40.2 Å². The Labute approximate surface area is 176 Å². The number of imidazole rings is 1. The van der Waals surface area contributed by atoms with Crippen molar-refractivity contribution in [2.24, 2.45) is 18.9 Å². The molecule has 0 bridgehead atoms. The first-order valence-electron chi connectivity index (χ1n) is 10.2. The molecule has 0 N–H and O–H groups in total. The number of rotatable bonds is 4. The largest absolute Gasteiger partial charge is 0.369 e. The predicted octanol–water partition coefficient (Wildman–Crippen LogP) is 1.86. The van der Waals surface area contributed by atoms with Gasteiger partial charge in [-0.15, -0.1) is 0 Å². The van der Waals surface area contributed by atoms with Crippen molar-refractivity contribution in [2.75, 3.05) is 18.0 Å². The zero-order valence-electron chi connectivity index (χ0n) is 17.1. The normalized spacial score (nSPS) is 22.3. The minimum absolute atomic E-state index is 0.147. The molecule has 4 aromatic rings. The van der Waals surface area contributed by atoms with Gasteiger partial charge in [0, 0.05) is 26.1 Å². The molecule has 1 saturated carbocycles. The van der Waals surface area contributed by atoms with Gasteiger partial charge in [0.25, 0.3) is 5.56 Å². The van der Waals surface area contributed by atoms with Gasteiger partial charge in [-0.1, -0.05) is 17.3 Å². The van der Waals surface area contributed by atoms with E-state index in [1.165, 1.54) is 10.9 Å². The van der Waals surface area contributed by atoms with E-state index in [0.717, 1.165) is 13.1 Å². The fourth-order valence-corrected chi connectivity index (χ4v) is 4.78. The molecule has 9 nitrogen and oxygen atoms in total. The molecule has 3 aromatic heterocycles. The van der Waals surface area contributed by atoms with E-state index in [4.69, 9.17) is 4.52 Å². The van der Waals surface area contributed by atoms with Crippen LogP contribution in [-0.4, -0.2) is 42.3 Å². The molecule has 2 aliphatic rings. The maximum Gasteiger partial charge on any atom is 0.280 e. The molecule has 1 saturated heterocycles. The lowest BCUT2D eigenvalue weighted by Crippen LogP contribution is -2.25. The number of aryl methyl sites for hydroxylation is 2. The number of hydrogen-bond donors (Lipinski definition) is 0. The zero-order chi connectivity index (χ0) is 21.3. The minimum atomic E-state index is -0.205. The molecule has 0 amide bonds. The molecule has 2 fully saturated rings. The lowest BCUT2D eigenvalue weighted by Gasteiger charge is -2.22.